The molecule has 4 heteroatoms. The highest BCUT2D eigenvalue weighted by Crippen LogP contribution is 2.24. The van der Waals surface area contributed by atoms with Gasteiger partial charge in [-0.1, -0.05) is 18.2 Å². The van der Waals surface area contributed by atoms with Gasteiger partial charge in [-0.05, 0) is 31.0 Å². The minimum absolute atomic E-state index is 0.538. The molecule has 0 saturated heterocycles. The van der Waals surface area contributed by atoms with Crippen molar-refractivity contribution >= 4 is 0 Å². The zero-order valence-electron chi connectivity index (χ0n) is 10.9. The zero-order chi connectivity index (χ0) is 13.0. The third-order valence-corrected chi connectivity index (χ3v) is 2.85. The number of nitrogens with two attached hydrogens (primary N) is 1. The summed E-state index contributed by atoms with van der Waals surface area (Å²) in [6, 6.07) is 6.16. The molecule has 1 aromatic carbocycles. The molecule has 0 aliphatic heterocycles. The Labute approximate surface area is 107 Å². The average molecular weight is 245 g/mol. The topological polar surface area (TPSA) is 53.1 Å². The van der Waals surface area contributed by atoms with Gasteiger partial charge in [0.1, 0.15) is 12.4 Å². The predicted molar refractivity (Wildman–Crippen MR) is 71.5 cm³/mol. The molecule has 1 aromatic heterocycles. The van der Waals surface area contributed by atoms with Crippen molar-refractivity contribution in [2.75, 3.05) is 6.54 Å². The molecule has 18 heavy (non-hydrogen) atoms. The number of nitrogens with zero attached hydrogens (tertiary/aromatic N) is 2. The highest BCUT2D eigenvalue weighted by molar-refractivity contribution is 5.41. The summed E-state index contributed by atoms with van der Waals surface area (Å²) in [5, 5.41) is 4.13. The van der Waals surface area contributed by atoms with Crippen molar-refractivity contribution < 1.29 is 4.74 Å². The number of aromatic nitrogens is 2. The van der Waals surface area contributed by atoms with Crippen molar-refractivity contribution in [3.8, 4) is 5.75 Å². The lowest BCUT2D eigenvalue weighted by Gasteiger charge is -2.13. The monoisotopic (exact) mass is 245 g/mol. The van der Waals surface area contributed by atoms with Gasteiger partial charge in [-0.15, -0.1) is 0 Å². The van der Waals surface area contributed by atoms with Gasteiger partial charge in [0.2, 0.25) is 0 Å². The molecular weight excluding hydrogens is 226 g/mol. The van der Waals surface area contributed by atoms with Gasteiger partial charge in [-0.25, -0.2) is 0 Å². The molecule has 0 atom stereocenters. The Morgan fingerprint density at radius 2 is 2.22 bits per heavy atom. The third-order valence-electron chi connectivity index (χ3n) is 2.85. The summed E-state index contributed by atoms with van der Waals surface area (Å²) in [6.07, 6.45) is 4.62. The minimum Gasteiger partial charge on any atom is -0.488 e. The van der Waals surface area contributed by atoms with Crippen LogP contribution in [0.5, 0.6) is 5.75 Å². The van der Waals surface area contributed by atoms with E-state index in [4.69, 9.17) is 10.5 Å². The van der Waals surface area contributed by atoms with Crippen LogP contribution in [0, 0.1) is 6.92 Å². The Kier molecular flexibility index (Phi) is 3.99. The van der Waals surface area contributed by atoms with Crippen LogP contribution in [0.2, 0.25) is 0 Å². The van der Waals surface area contributed by atoms with Gasteiger partial charge in [-0.2, -0.15) is 5.10 Å². The van der Waals surface area contributed by atoms with E-state index < -0.39 is 0 Å². The standard InChI is InChI=1S/C14H19N3O/c1-11-4-3-5-13(6-7-15)14(11)18-10-12-8-16-17(2)9-12/h3-5,8-9H,6-7,10,15H2,1-2H3. The summed E-state index contributed by atoms with van der Waals surface area (Å²) in [5.74, 6) is 0.951. The summed E-state index contributed by atoms with van der Waals surface area (Å²) < 4.78 is 7.69. The van der Waals surface area contributed by atoms with E-state index in [1.54, 1.807) is 4.68 Å². The number of aryl methyl sites for hydroxylation is 2. The van der Waals surface area contributed by atoms with Crippen LogP contribution >= 0.6 is 0 Å². The highest BCUT2D eigenvalue weighted by atomic mass is 16.5. The molecule has 0 aliphatic carbocycles. The average Bonchev–Trinajstić information content (AvgIpc) is 2.75. The molecule has 0 fully saturated rings. The van der Waals surface area contributed by atoms with Crippen LogP contribution in [0.25, 0.3) is 0 Å². The van der Waals surface area contributed by atoms with Crippen molar-refractivity contribution in [2.24, 2.45) is 12.8 Å². The van der Waals surface area contributed by atoms with Crippen molar-refractivity contribution in [1.29, 1.82) is 0 Å². The summed E-state index contributed by atoms with van der Waals surface area (Å²) in [4.78, 5) is 0. The molecule has 0 unspecified atom stereocenters. The van der Waals surface area contributed by atoms with Gasteiger partial charge in [0.05, 0.1) is 6.20 Å². The van der Waals surface area contributed by atoms with E-state index in [0.29, 0.717) is 13.2 Å². The molecule has 2 rings (SSSR count). The van der Waals surface area contributed by atoms with E-state index in [0.717, 1.165) is 23.3 Å². The van der Waals surface area contributed by atoms with Crippen LogP contribution in [0.15, 0.2) is 30.6 Å². The molecule has 1 heterocycles. The lowest BCUT2D eigenvalue weighted by Crippen LogP contribution is -2.06. The maximum Gasteiger partial charge on any atom is 0.125 e. The summed E-state index contributed by atoms with van der Waals surface area (Å²) in [6.45, 7) is 3.22. The number of ether oxygens (including phenoxy) is 1. The Hall–Kier alpha value is -1.81. The molecular formula is C14H19N3O. The van der Waals surface area contributed by atoms with Crippen molar-refractivity contribution in [1.82, 2.24) is 9.78 Å². The Balaban J connectivity index is 2.12. The number of rotatable bonds is 5. The SMILES string of the molecule is Cc1cccc(CCN)c1OCc1cnn(C)c1. The van der Waals surface area contributed by atoms with E-state index in [2.05, 4.69) is 24.2 Å². The van der Waals surface area contributed by atoms with Crippen molar-refractivity contribution in [2.45, 2.75) is 20.0 Å². The molecule has 96 valence electrons. The Bertz CT molecular complexity index is 520. The molecule has 0 bridgehead atoms. The molecule has 0 aliphatic rings. The second-order valence-corrected chi connectivity index (χ2v) is 4.41. The number of hydrogen-bond acceptors (Lipinski definition) is 3. The van der Waals surface area contributed by atoms with Crippen LogP contribution in [0.4, 0.5) is 0 Å². The Morgan fingerprint density at radius 3 is 2.89 bits per heavy atom. The first-order chi connectivity index (χ1) is 8.70. The van der Waals surface area contributed by atoms with Crippen LogP contribution in [0.3, 0.4) is 0 Å². The molecule has 0 amide bonds. The first kappa shape index (κ1) is 12.6. The van der Waals surface area contributed by atoms with Gasteiger partial charge < -0.3 is 10.5 Å². The lowest BCUT2D eigenvalue weighted by atomic mass is 10.1. The van der Waals surface area contributed by atoms with E-state index >= 15 is 0 Å². The largest absolute Gasteiger partial charge is 0.488 e. The summed E-state index contributed by atoms with van der Waals surface area (Å²) in [7, 11) is 1.90. The summed E-state index contributed by atoms with van der Waals surface area (Å²) >= 11 is 0. The maximum atomic E-state index is 5.91. The quantitative estimate of drug-likeness (QED) is 0.874. The summed E-state index contributed by atoms with van der Waals surface area (Å²) in [5.41, 5.74) is 9.00. The molecule has 2 N–H and O–H groups in total. The first-order valence-corrected chi connectivity index (χ1v) is 6.09. The van der Waals surface area contributed by atoms with Gasteiger partial charge in [0.15, 0.2) is 0 Å². The first-order valence-electron chi connectivity index (χ1n) is 6.09. The predicted octanol–water partition coefficient (Wildman–Crippen LogP) is 1.81. The van der Waals surface area contributed by atoms with Crippen LogP contribution in [-0.4, -0.2) is 16.3 Å². The number of hydrogen-bond donors (Lipinski definition) is 1. The minimum atomic E-state index is 0.538. The number of benzene rings is 1. The molecule has 4 nitrogen and oxygen atoms in total. The fraction of sp³-hybridized carbons (Fsp3) is 0.357. The van der Waals surface area contributed by atoms with Gasteiger partial charge >= 0.3 is 0 Å². The second kappa shape index (κ2) is 5.69. The normalized spacial score (nSPS) is 10.6. The molecule has 0 spiro atoms. The van der Waals surface area contributed by atoms with Gasteiger partial charge in [0.25, 0.3) is 0 Å². The molecule has 0 saturated carbocycles. The van der Waals surface area contributed by atoms with Crippen molar-refractivity contribution in [3.63, 3.8) is 0 Å². The third kappa shape index (κ3) is 2.90. The van der Waals surface area contributed by atoms with Gasteiger partial charge in [-0.3, -0.25) is 4.68 Å². The second-order valence-electron chi connectivity index (χ2n) is 4.41. The van der Waals surface area contributed by atoms with Crippen LogP contribution < -0.4 is 10.5 Å². The molecule has 2 aromatic rings. The van der Waals surface area contributed by atoms with E-state index in [9.17, 15) is 0 Å². The fourth-order valence-corrected chi connectivity index (χ4v) is 1.97. The zero-order valence-corrected chi connectivity index (χ0v) is 10.9. The molecule has 0 radical (unpaired) electrons. The van der Waals surface area contributed by atoms with E-state index in [1.807, 2.05) is 25.5 Å². The van der Waals surface area contributed by atoms with Gasteiger partial charge in [0, 0.05) is 18.8 Å². The van der Waals surface area contributed by atoms with E-state index in [-0.39, 0.29) is 0 Å². The maximum absolute atomic E-state index is 5.91. The Morgan fingerprint density at radius 1 is 1.39 bits per heavy atom. The highest BCUT2D eigenvalue weighted by Gasteiger charge is 2.07. The van der Waals surface area contributed by atoms with Crippen LogP contribution in [-0.2, 0) is 20.1 Å². The fourth-order valence-electron chi connectivity index (χ4n) is 1.97. The lowest BCUT2D eigenvalue weighted by molar-refractivity contribution is 0.301. The number of para-hydroxylation sites is 1. The smallest absolute Gasteiger partial charge is 0.125 e. The van der Waals surface area contributed by atoms with Crippen LogP contribution in [0.1, 0.15) is 16.7 Å². The van der Waals surface area contributed by atoms with Crippen molar-refractivity contribution in [3.05, 3.63) is 47.3 Å². The van der Waals surface area contributed by atoms with E-state index in [1.165, 1.54) is 5.56 Å².